The zero-order valence-corrected chi connectivity index (χ0v) is 19.7. The van der Waals surface area contributed by atoms with Crippen molar-refractivity contribution in [2.24, 2.45) is 0 Å². The van der Waals surface area contributed by atoms with E-state index in [1.807, 2.05) is 13.0 Å². The maximum Gasteiger partial charge on any atom is 0.251 e. The molecule has 0 saturated heterocycles. The summed E-state index contributed by atoms with van der Waals surface area (Å²) in [4.78, 5) is 13.3. The van der Waals surface area contributed by atoms with E-state index in [2.05, 4.69) is 15.5 Å². The standard InChI is InChI=1S/C22H18F2N4O2S.2ClH/c1-13-2-3-14(22(30)25-8-9-29)10-17(13)21-27-26-20-7-5-16(12-28(20)21)31-19-6-4-15(23)11-18(19)24;;/h2-7,10-12,29H,8-9H2,1H3,(H,25,30);2*1H. The van der Waals surface area contributed by atoms with E-state index in [4.69, 9.17) is 5.11 Å². The van der Waals surface area contributed by atoms with Crippen LogP contribution >= 0.6 is 36.6 Å². The lowest BCUT2D eigenvalue weighted by Crippen LogP contribution is -2.26. The lowest BCUT2D eigenvalue weighted by atomic mass is 10.0. The predicted molar refractivity (Wildman–Crippen MR) is 128 cm³/mol. The number of nitrogens with zero attached hydrogens (tertiary/aromatic N) is 3. The highest BCUT2D eigenvalue weighted by Gasteiger charge is 2.15. The number of halogens is 4. The van der Waals surface area contributed by atoms with Gasteiger partial charge in [0.2, 0.25) is 0 Å². The number of fused-ring (bicyclic) bond motifs is 1. The molecule has 0 fully saturated rings. The fourth-order valence-electron chi connectivity index (χ4n) is 3.08. The Labute approximate surface area is 205 Å². The molecule has 2 aromatic carbocycles. The molecular formula is C22H20Cl2F2N4O2S. The molecule has 0 aliphatic heterocycles. The molecule has 174 valence electrons. The van der Waals surface area contributed by atoms with Crippen molar-refractivity contribution in [1.82, 2.24) is 19.9 Å². The smallest absolute Gasteiger partial charge is 0.251 e. The second kappa shape index (κ2) is 11.4. The Kier molecular flexibility index (Phi) is 9.18. The van der Waals surface area contributed by atoms with Crippen molar-refractivity contribution < 1.29 is 18.7 Å². The summed E-state index contributed by atoms with van der Waals surface area (Å²) < 4.78 is 29.0. The molecule has 0 atom stereocenters. The molecule has 0 saturated carbocycles. The second-order valence-corrected chi connectivity index (χ2v) is 7.92. The predicted octanol–water partition coefficient (Wildman–Crippen LogP) is 4.70. The van der Waals surface area contributed by atoms with Crippen LogP contribution < -0.4 is 5.32 Å². The average Bonchev–Trinajstić information content (AvgIpc) is 3.17. The molecule has 0 aliphatic rings. The lowest BCUT2D eigenvalue weighted by molar-refractivity contribution is 0.0945. The maximum atomic E-state index is 14.0. The molecular weight excluding hydrogens is 493 g/mol. The first kappa shape index (κ1) is 26.5. The van der Waals surface area contributed by atoms with E-state index in [1.165, 1.54) is 12.1 Å². The van der Waals surface area contributed by atoms with Gasteiger partial charge in [-0.05, 0) is 48.9 Å². The summed E-state index contributed by atoms with van der Waals surface area (Å²) in [5.41, 5.74) is 2.65. The number of pyridine rings is 1. The molecule has 0 bridgehead atoms. The molecule has 4 aromatic rings. The van der Waals surface area contributed by atoms with Crippen molar-refractivity contribution in [3.05, 3.63) is 77.5 Å². The first-order chi connectivity index (χ1) is 15.0. The minimum absolute atomic E-state index is 0. The van der Waals surface area contributed by atoms with E-state index in [9.17, 15) is 13.6 Å². The van der Waals surface area contributed by atoms with Gasteiger partial charge in [0.05, 0.1) is 6.61 Å². The quantitative estimate of drug-likeness (QED) is 0.391. The number of aliphatic hydroxyl groups excluding tert-OH is 1. The molecule has 6 nitrogen and oxygen atoms in total. The molecule has 1 amide bonds. The second-order valence-electron chi connectivity index (χ2n) is 6.80. The molecule has 2 heterocycles. The van der Waals surface area contributed by atoms with Crippen LogP contribution in [0.3, 0.4) is 0 Å². The number of carbonyl (C=O) groups is 1. The lowest BCUT2D eigenvalue weighted by Gasteiger charge is -2.09. The highest BCUT2D eigenvalue weighted by atomic mass is 35.5. The average molecular weight is 513 g/mol. The van der Waals surface area contributed by atoms with Gasteiger partial charge in [-0.2, -0.15) is 0 Å². The van der Waals surface area contributed by atoms with Gasteiger partial charge in [-0.3, -0.25) is 9.20 Å². The molecule has 0 unspecified atom stereocenters. The number of rotatable bonds is 6. The summed E-state index contributed by atoms with van der Waals surface area (Å²) in [6.07, 6.45) is 1.77. The number of aromatic nitrogens is 3. The van der Waals surface area contributed by atoms with E-state index in [-0.39, 0.29) is 43.9 Å². The number of carbonyl (C=O) groups excluding carboxylic acids is 1. The fourth-order valence-corrected chi connectivity index (χ4v) is 3.92. The van der Waals surface area contributed by atoms with Crippen molar-refractivity contribution >= 4 is 48.1 Å². The number of aryl methyl sites for hydroxylation is 1. The summed E-state index contributed by atoms with van der Waals surface area (Å²) in [6, 6.07) is 12.2. The monoisotopic (exact) mass is 512 g/mol. The van der Waals surface area contributed by atoms with E-state index >= 15 is 0 Å². The van der Waals surface area contributed by atoms with Gasteiger partial charge in [0, 0.05) is 39.7 Å². The Morgan fingerprint density at radius 3 is 2.61 bits per heavy atom. The van der Waals surface area contributed by atoms with Gasteiger partial charge in [0.15, 0.2) is 11.5 Å². The van der Waals surface area contributed by atoms with Gasteiger partial charge >= 0.3 is 0 Å². The van der Waals surface area contributed by atoms with Crippen LogP contribution in [0.15, 0.2) is 64.5 Å². The van der Waals surface area contributed by atoms with Crippen molar-refractivity contribution in [3.63, 3.8) is 0 Å². The number of benzene rings is 2. The summed E-state index contributed by atoms with van der Waals surface area (Å²) in [6.45, 7) is 1.92. The van der Waals surface area contributed by atoms with Crippen LogP contribution in [0.4, 0.5) is 8.78 Å². The minimum Gasteiger partial charge on any atom is -0.395 e. The van der Waals surface area contributed by atoms with Crippen molar-refractivity contribution in [3.8, 4) is 11.4 Å². The highest BCUT2D eigenvalue weighted by molar-refractivity contribution is 7.99. The van der Waals surface area contributed by atoms with E-state index in [0.29, 0.717) is 26.8 Å². The Bertz CT molecular complexity index is 1290. The summed E-state index contributed by atoms with van der Waals surface area (Å²) in [5.74, 6) is -1.03. The van der Waals surface area contributed by atoms with Gasteiger partial charge in [-0.1, -0.05) is 17.8 Å². The van der Waals surface area contributed by atoms with Crippen LogP contribution in [0.2, 0.25) is 0 Å². The zero-order chi connectivity index (χ0) is 22.0. The van der Waals surface area contributed by atoms with Crippen LogP contribution in [0.1, 0.15) is 15.9 Å². The van der Waals surface area contributed by atoms with Gasteiger partial charge in [-0.25, -0.2) is 8.78 Å². The highest BCUT2D eigenvalue weighted by Crippen LogP contribution is 2.32. The minimum atomic E-state index is -0.633. The first-order valence-corrected chi connectivity index (χ1v) is 10.3. The van der Waals surface area contributed by atoms with E-state index < -0.39 is 11.6 Å². The molecule has 2 N–H and O–H groups in total. The van der Waals surface area contributed by atoms with E-state index in [1.54, 1.807) is 34.9 Å². The Morgan fingerprint density at radius 2 is 1.88 bits per heavy atom. The van der Waals surface area contributed by atoms with Crippen molar-refractivity contribution in [1.29, 1.82) is 0 Å². The summed E-state index contributed by atoms with van der Waals surface area (Å²) >= 11 is 1.16. The number of hydrogen-bond donors (Lipinski definition) is 2. The van der Waals surface area contributed by atoms with Gasteiger partial charge < -0.3 is 10.4 Å². The topological polar surface area (TPSA) is 79.5 Å². The largest absolute Gasteiger partial charge is 0.395 e. The SMILES string of the molecule is Cc1ccc(C(=O)NCCO)cc1-c1nnc2ccc(Sc3ccc(F)cc3F)cn12.Cl.Cl. The van der Waals surface area contributed by atoms with Gasteiger partial charge in [-0.15, -0.1) is 35.0 Å². The molecule has 2 aromatic heterocycles. The molecule has 33 heavy (non-hydrogen) atoms. The van der Waals surface area contributed by atoms with Crippen molar-refractivity contribution in [2.45, 2.75) is 16.7 Å². The molecule has 4 rings (SSSR count). The van der Waals surface area contributed by atoms with Crippen molar-refractivity contribution in [2.75, 3.05) is 13.2 Å². The molecule has 11 heteroatoms. The number of amides is 1. The Morgan fingerprint density at radius 1 is 1.09 bits per heavy atom. The van der Waals surface area contributed by atoms with Gasteiger partial charge in [0.1, 0.15) is 11.6 Å². The zero-order valence-electron chi connectivity index (χ0n) is 17.3. The number of nitrogens with one attached hydrogen (secondary N) is 1. The molecule has 0 aliphatic carbocycles. The Hall–Kier alpha value is -2.72. The van der Waals surface area contributed by atoms with Crippen LogP contribution in [0.25, 0.3) is 17.0 Å². The molecule has 0 radical (unpaired) electrons. The van der Waals surface area contributed by atoms with Gasteiger partial charge in [0.25, 0.3) is 5.91 Å². The van der Waals surface area contributed by atoms with Crippen LogP contribution in [-0.4, -0.2) is 38.8 Å². The third-order valence-corrected chi connectivity index (χ3v) is 5.66. The summed E-state index contributed by atoms with van der Waals surface area (Å²) in [7, 11) is 0. The van der Waals surface area contributed by atoms with E-state index in [0.717, 1.165) is 29.0 Å². The third-order valence-electron chi connectivity index (χ3n) is 4.63. The fraction of sp³-hybridized carbons (Fsp3) is 0.136. The normalized spacial score (nSPS) is 10.4. The maximum absolute atomic E-state index is 14.0. The molecule has 0 spiro atoms. The third kappa shape index (κ3) is 5.80. The number of hydrogen-bond acceptors (Lipinski definition) is 5. The Balaban J connectivity index is 0.00000193. The first-order valence-electron chi connectivity index (χ1n) is 9.44. The number of aliphatic hydroxyl groups is 1. The van der Waals surface area contributed by atoms with Crippen LogP contribution in [0, 0.1) is 18.6 Å². The van der Waals surface area contributed by atoms with Crippen LogP contribution in [0.5, 0.6) is 0 Å². The van der Waals surface area contributed by atoms with Crippen LogP contribution in [-0.2, 0) is 0 Å². The summed E-state index contributed by atoms with van der Waals surface area (Å²) in [5, 5.41) is 20.0.